The van der Waals surface area contributed by atoms with Gasteiger partial charge in [-0.15, -0.1) is 15.3 Å². The number of nitrogens with one attached hydrogen (secondary N) is 1. The van der Waals surface area contributed by atoms with Crippen molar-refractivity contribution in [2.45, 2.75) is 31.2 Å². The van der Waals surface area contributed by atoms with E-state index >= 15 is 0 Å². The number of H-pyrrole nitrogens is 1. The van der Waals surface area contributed by atoms with Gasteiger partial charge in [0.1, 0.15) is 17.3 Å². The van der Waals surface area contributed by atoms with Crippen molar-refractivity contribution in [2.75, 3.05) is 0 Å². The first kappa shape index (κ1) is 14.6. The Morgan fingerprint density at radius 1 is 1.18 bits per heavy atom. The largest absolute Gasteiger partial charge is 0.462 e. The normalized spacial score (nSPS) is 11.5. The zero-order valence-electron chi connectivity index (χ0n) is 12.2. The van der Waals surface area contributed by atoms with Crippen molar-refractivity contribution >= 4 is 23.9 Å². The van der Waals surface area contributed by atoms with E-state index in [2.05, 4.69) is 25.4 Å². The third-order valence-electron chi connectivity index (χ3n) is 2.78. The van der Waals surface area contributed by atoms with Crippen LogP contribution < -0.4 is 0 Å². The second-order valence-corrected chi connectivity index (χ2v) is 5.46. The maximum Gasteiger partial charge on any atom is 0.226 e. The van der Waals surface area contributed by atoms with E-state index in [0.717, 1.165) is 17.9 Å². The van der Waals surface area contributed by atoms with Crippen molar-refractivity contribution in [3.05, 3.63) is 41.3 Å². The molecule has 22 heavy (non-hydrogen) atoms. The van der Waals surface area contributed by atoms with Crippen LogP contribution in [0.1, 0.15) is 36.1 Å². The van der Waals surface area contributed by atoms with Gasteiger partial charge in [-0.1, -0.05) is 18.7 Å². The smallest absolute Gasteiger partial charge is 0.226 e. The van der Waals surface area contributed by atoms with Crippen LogP contribution in [0.3, 0.4) is 0 Å². The highest BCUT2D eigenvalue weighted by Crippen LogP contribution is 2.19. The van der Waals surface area contributed by atoms with E-state index < -0.39 is 0 Å². The summed E-state index contributed by atoms with van der Waals surface area (Å²) in [5.41, 5.74) is 0. The molecule has 8 heteroatoms. The van der Waals surface area contributed by atoms with Crippen molar-refractivity contribution in [3.8, 4) is 0 Å². The summed E-state index contributed by atoms with van der Waals surface area (Å²) in [4.78, 5) is 4.35. The highest BCUT2D eigenvalue weighted by atomic mass is 32.2. The van der Waals surface area contributed by atoms with Crippen molar-refractivity contribution in [2.24, 2.45) is 0 Å². The first-order valence-corrected chi connectivity index (χ1v) is 7.82. The van der Waals surface area contributed by atoms with Gasteiger partial charge < -0.3 is 8.83 Å². The highest BCUT2D eigenvalue weighted by Gasteiger charge is 2.08. The first-order valence-electron chi connectivity index (χ1n) is 6.84. The zero-order chi connectivity index (χ0) is 15.4. The lowest BCUT2D eigenvalue weighted by atomic mass is 10.4. The van der Waals surface area contributed by atoms with E-state index in [-0.39, 0.29) is 0 Å². The van der Waals surface area contributed by atoms with Crippen molar-refractivity contribution in [1.82, 2.24) is 25.4 Å². The number of thioether (sulfide) groups is 1. The monoisotopic (exact) mass is 317 g/mol. The van der Waals surface area contributed by atoms with Crippen molar-refractivity contribution in [1.29, 1.82) is 0 Å². The average molecular weight is 317 g/mol. The summed E-state index contributed by atoms with van der Waals surface area (Å²) in [6.45, 7) is 3.88. The summed E-state index contributed by atoms with van der Waals surface area (Å²) >= 11 is 1.44. The number of aryl methyl sites for hydroxylation is 2. The quantitative estimate of drug-likeness (QED) is 0.698. The summed E-state index contributed by atoms with van der Waals surface area (Å²) in [5.74, 6) is 4.08. The van der Waals surface area contributed by atoms with Crippen LogP contribution in [0, 0.1) is 6.92 Å². The van der Waals surface area contributed by atoms with E-state index in [9.17, 15) is 0 Å². The molecule has 0 aromatic carbocycles. The number of nitrogens with zero attached hydrogens (tertiary/aromatic N) is 4. The van der Waals surface area contributed by atoms with E-state index in [4.69, 9.17) is 8.83 Å². The van der Waals surface area contributed by atoms with Gasteiger partial charge in [-0.05, 0) is 31.2 Å². The summed E-state index contributed by atoms with van der Waals surface area (Å²) in [7, 11) is 0. The minimum atomic E-state index is 0.547. The molecule has 3 aromatic rings. The van der Waals surface area contributed by atoms with E-state index in [1.54, 1.807) is 0 Å². The Morgan fingerprint density at radius 2 is 2.05 bits per heavy atom. The molecule has 0 aliphatic carbocycles. The lowest BCUT2D eigenvalue weighted by Crippen LogP contribution is -1.82. The molecule has 114 valence electrons. The van der Waals surface area contributed by atoms with Gasteiger partial charge in [-0.2, -0.15) is 0 Å². The molecule has 0 saturated carbocycles. The molecule has 0 fully saturated rings. The number of rotatable bonds is 6. The lowest BCUT2D eigenvalue weighted by molar-refractivity contribution is 0.470. The van der Waals surface area contributed by atoms with Crippen LogP contribution in [0.25, 0.3) is 12.2 Å². The maximum absolute atomic E-state index is 5.45. The molecular formula is C14H15N5O2S. The van der Waals surface area contributed by atoms with Crippen molar-refractivity contribution in [3.63, 3.8) is 0 Å². The van der Waals surface area contributed by atoms with Gasteiger partial charge in [0, 0.05) is 6.42 Å². The number of aromatic amines is 1. The minimum absolute atomic E-state index is 0.547. The fourth-order valence-electron chi connectivity index (χ4n) is 1.72. The Labute approximate surface area is 131 Å². The van der Waals surface area contributed by atoms with Crippen LogP contribution in [-0.2, 0) is 12.2 Å². The molecule has 0 bridgehead atoms. The Morgan fingerprint density at radius 3 is 2.77 bits per heavy atom. The van der Waals surface area contributed by atoms with Gasteiger partial charge in [0.05, 0.1) is 5.75 Å². The summed E-state index contributed by atoms with van der Waals surface area (Å²) in [6.07, 6.45) is 4.39. The molecule has 0 spiro atoms. The van der Waals surface area contributed by atoms with E-state index in [1.807, 2.05) is 38.1 Å². The van der Waals surface area contributed by atoms with Crippen LogP contribution in [0.2, 0.25) is 0 Å². The molecule has 0 saturated heterocycles. The Kier molecular flexibility index (Phi) is 4.38. The van der Waals surface area contributed by atoms with Crippen LogP contribution in [0.5, 0.6) is 0 Å². The predicted octanol–water partition coefficient (Wildman–Crippen LogP) is 3.11. The molecule has 0 aliphatic heterocycles. The minimum Gasteiger partial charge on any atom is -0.462 e. The number of aromatic nitrogens is 5. The van der Waals surface area contributed by atoms with Crippen LogP contribution in [0.4, 0.5) is 0 Å². The molecule has 0 amide bonds. The van der Waals surface area contributed by atoms with Gasteiger partial charge in [-0.3, -0.25) is 5.10 Å². The van der Waals surface area contributed by atoms with Gasteiger partial charge in [0.25, 0.3) is 0 Å². The second-order valence-electron chi connectivity index (χ2n) is 4.52. The highest BCUT2D eigenvalue weighted by molar-refractivity contribution is 7.98. The summed E-state index contributed by atoms with van der Waals surface area (Å²) in [5, 5.41) is 15.5. The Bertz CT molecular complexity index is 774. The standard InChI is InChI=1S/C14H15N5O2S/c1-3-12-17-18-13(21-12)8-22-14-15-11(16-19-14)7-6-10-5-4-9(2)20-10/h4-7H,3,8H2,1-2H3,(H,15,16,19)/b7-6+. The average Bonchev–Trinajstić information content (AvgIpc) is 3.24. The molecule has 0 radical (unpaired) electrons. The van der Waals surface area contributed by atoms with Gasteiger partial charge in [0.15, 0.2) is 0 Å². The molecule has 7 nitrogen and oxygen atoms in total. The van der Waals surface area contributed by atoms with Crippen molar-refractivity contribution < 1.29 is 8.83 Å². The molecule has 0 aliphatic rings. The molecular weight excluding hydrogens is 302 g/mol. The van der Waals surface area contributed by atoms with E-state index in [1.165, 1.54) is 11.8 Å². The van der Waals surface area contributed by atoms with Crippen LogP contribution >= 0.6 is 11.8 Å². The molecule has 3 rings (SSSR count). The maximum atomic E-state index is 5.45. The molecule has 1 N–H and O–H groups in total. The summed E-state index contributed by atoms with van der Waals surface area (Å²) in [6, 6.07) is 3.81. The molecule has 3 heterocycles. The second kappa shape index (κ2) is 6.61. The van der Waals surface area contributed by atoms with Crippen LogP contribution in [-0.4, -0.2) is 25.4 Å². The lowest BCUT2D eigenvalue weighted by Gasteiger charge is -1.90. The first-order chi connectivity index (χ1) is 10.7. The predicted molar refractivity (Wildman–Crippen MR) is 82.0 cm³/mol. The topological polar surface area (TPSA) is 93.6 Å². The Balaban J connectivity index is 1.57. The number of hydrogen-bond donors (Lipinski definition) is 1. The third kappa shape index (κ3) is 3.64. The van der Waals surface area contributed by atoms with E-state index in [0.29, 0.717) is 28.5 Å². The fraction of sp³-hybridized carbons (Fsp3) is 0.286. The van der Waals surface area contributed by atoms with Crippen LogP contribution in [0.15, 0.2) is 26.1 Å². The molecule has 0 atom stereocenters. The zero-order valence-corrected chi connectivity index (χ0v) is 13.1. The number of furan rings is 1. The van der Waals surface area contributed by atoms with Gasteiger partial charge >= 0.3 is 0 Å². The van der Waals surface area contributed by atoms with Gasteiger partial charge in [0.2, 0.25) is 16.9 Å². The number of hydrogen-bond acceptors (Lipinski definition) is 7. The SMILES string of the molecule is CCc1nnc(CSc2n[nH]c(/C=C/c3ccc(C)o3)n2)o1. The Hall–Kier alpha value is -2.35. The third-order valence-corrected chi connectivity index (χ3v) is 3.62. The van der Waals surface area contributed by atoms with Gasteiger partial charge in [-0.25, -0.2) is 4.98 Å². The molecule has 3 aromatic heterocycles. The fourth-order valence-corrected chi connectivity index (χ4v) is 2.36. The molecule has 0 unspecified atom stereocenters. The summed E-state index contributed by atoms with van der Waals surface area (Å²) < 4.78 is 10.9.